The number of piperazine rings is 1. The number of hydrogen-bond donors (Lipinski definition) is 1. The number of aromatic nitrogens is 2. The molecule has 2 rings (SSSR count). The Morgan fingerprint density at radius 2 is 1.81 bits per heavy atom. The van der Waals surface area contributed by atoms with Crippen LogP contribution >= 0.6 is 0 Å². The van der Waals surface area contributed by atoms with Gasteiger partial charge in [0, 0.05) is 38.6 Å². The molecule has 0 amide bonds. The summed E-state index contributed by atoms with van der Waals surface area (Å²) in [5.74, 6) is -0.386. The number of aromatic carboxylic acids is 1. The van der Waals surface area contributed by atoms with Crippen LogP contribution in [0.25, 0.3) is 0 Å². The molecular weight excluding hydrogens is 208 g/mol. The lowest BCUT2D eigenvalue weighted by molar-refractivity contribution is 0.0696. The van der Waals surface area contributed by atoms with Crippen molar-refractivity contribution >= 4 is 11.9 Å². The first-order valence-corrected chi connectivity index (χ1v) is 5.15. The van der Waals surface area contributed by atoms with Gasteiger partial charge in [0.2, 0.25) is 5.95 Å². The summed E-state index contributed by atoms with van der Waals surface area (Å²) in [6.45, 7) is 3.71. The molecule has 1 aromatic heterocycles. The Balaban J connectivity index is 2.07. The van der Waals surface area contributed by atoms with Gasteiger partial charge in [-0.15, -0.1) is 0 Å². The van der Waals surface area contributed by atoms with Crippen LogP contribution in [-0.4, -0.2) is 59.2 Å². The monoisotopic (exact) mass is 222 g/mol. The molecule has 1 aromatic rings. The van der Waals surface area contributed by atoms with Gasteiger partial charge in [-0.2, -0.15) is 0 Å². The fourth-order valence-corrected chi connectivity index (χ4v) is 1.60. The second-order valence-electron chi connectivity index (χ2n) is 3.87. The molecule has 0 bridgehead atoms. The summed E-state index contributed by atoms with van der Waals surface area (Å²) in [4.78, 5) is 23.1. The lowest BCUT2D eigenvalue weighted by Gasteiger charge is -2.32. The van der Waals surface area contributed by atoms with Crippen molar-refractivity contribution in [2.75, 3.05) is 38.1 Å². The van der Waals surface area contributed by atoms with Gasteiger partial charge in [0.05, 0.1) is 5.56 Å². The molecule has 6 heteroatoms. The zero-order valence-electron chi connectivity index (χ0n) is 9.13. The fraction of sp³-hybridized carbons (Fsp3) is 0.500. The number of carbonyl (C=O) groups is 1. The summed E-state index contributed by atoms with van der Waals surface area (Å²) in [5, 5.41) is 8.72. The van der Waals surface area contributed by atoms with E-state index < -0.39 is 5.97 Å². The van der Waals surface area contributed by atoms with E-state index in [1.165, 1.54) is 12.4 Å². The molecule has 0 radical (unpaired) electrons. The zero-order valence-corrected chi connectivity index (χ0v) is 9.13. The highest BCUT2D eigenvalue weighted by Gasteiger charge is 2.16. The van der Waals surface area contributed by atoms with Crippen LogP contribution in [0.1, 0.15) is 10.4 Å². The van der Waals surface area contributed by atoms with Crippen molar-refractivity contribution in [2.24, 2.45) is 0 Å². The average molecular weight is 222 g/mol. The van der Waals surface area contributed by atoms with Crippen molar-refractivity contribution in [3.63, 3.8) is 0 Å². The molecule has 1 aliphatic rings. The van der Waals surface area contributed by atoms with Crippen LogP contribution in [0.2, 0.25) is 0 Å². The number of likely N-dealkylation sites (N-methyl/N-ethyl adjacent to an activating group) is 1. The van der Waals surface area contributed by atoms with Gasteiger partial charge in [-0.1, -0.05) is 0 Å². The standard InChI is InChI=1S/C10H14N4O2/c1-13-2-4-14(5-3-13)10-11-6-8(7-12-10)9(15)16/h6-7H,2-5H2,1H3,(H,15,16). The van der Waals surface area contributed by atoms with Gasteiger partial charge in [0.25, 0.3) is 0 Å². The number of carboxylic acids is 1. The van der Waals surface area contributed by atoms with Gasteiger partial charge in [-0.3, -0.25) is 0 Å². The van der Waals surface area contributed by atoms with Gasteiger partial charge >= 0.3 is 5.97 Å². The third-order valence-corrected chi connectivity index (χ3v) is 2.67. The Bertz CT molecular complexity index is 371. The van der Waals surface area contributed by atoms with Crippen molar-refractivity contribution < 1.29 is 9.90 Å². The molecule has 86 valence electrons. The SMILES string of the molecule is CN1CCN(c2ncc(C(=O)O)cn2)CC1. The molecule has 1 N–H and O–H groups in total. The first kappa shape index (κ1) is 10.8. The predicted molar refractivity (Wildman–Crippen MR) is 58.7 cm³/mol. The molecule has 1 fully saturated rings. The van der Waals surface area contributed by atoms with E-state index in [1.807, 2.05) is 0 Å². The van der Waals surface area contributed by atoms with Crippen molar-refractivity contribution in [2.45, 2.75) is 0 Å². The zero-order chi connectivity index (χ0) is 11.5. The molecule has 2 heterocycles. The van der Waals surface area contributed by atoms with E-state index in [0.29, 0.717) is 5.95 Å². The minimum atomic E-state index is -0.995. The quantitative estimate of drug-likeness (QED) is 0.755. The second kappa shape index (κ2) is 4.44. The van der Waals surface area contributed by atoms with Crippen molar-refractivity contribution in [3.05, 3.63) is 18.0 Å². The normalized spacial score (nSPS) is 17.4. The summed E-state index contributed by atoms with van der Waals surface area (Å²) in [7, 11) is 2.08. The molecule has 0 aromatic carbocycles. The summed E-state index contributed by atoms with van der Waals surface area (Å²) in [6, 6.07) is 0. The lowest BCUT2D eigenvalue weighted by Crippen LogP contribution is -2.45. The lowest BCUT2D eigenvalue weighted by atomic mass is 10.3. The minimum absolute atomic E-state index is 0.123. The highest BCUT2D eigenvalue weighted by Crippen LogP contribution is 2.09. The molecule has 0 unspecified atom stereocenters. The molecule has 0 saturated carbocycles. The van der Waals surface area contributed by atoms with Crippen LogP contribution in [0.5, 0.6) is 0 Å². The minimum Gasteiger partial charge on any atom is -0.478 e. The van der Waals surface area contributed by atoms with Gasteiger partial charge in [-0.05, 0) is 7.05 Å². The van der Waals surface area contributed by atoms with Crippen LogP contribution in [0.4, 0.5) is 5.95 Å². The molecule has 1 aliphatic heterocycles. The topological polar surface area (TPSA) is 69.6 Å². The highest BCUT2D eigenvalue weighted by molar-refractivity contribution is 5.86. The van der Waals surface area contributed by atoms with Crippen LogP contribution in [0.3, 0.4) is 0 Å². The summed E-state index contributed by atoms with van der Waals surface area (Å²) >= 11 is 0. The van der Waals surface area contributed by atoms with E-state index >= 15 is 0 Å². The van der Waals surface area contributed by atoms with Crippen LogP contribution in [-0.2, 0) is 0 Å². The third kappa shape index (κ3) is 2.27. The van der Waals surface area contributed by atoms with Crippen molar-refractivity contribution in [1.82, 2.24) is 14.9 Å². The maximum atomic E-state index is 10.6. The third-order valence-electron chi connectivity index (χ3n) is 2.67. The maximum absolute atomic E-state index is 10.6. The molecule has 0 aliphatic carbocycles. The van der Waals surface area contributed by atoms with Crippen molar-refractivity contribution in [3.8, 4) is 0 Å². The first-order chi connectivity index (χ1) is 7.66. The van der Waals surface area contributed by atoms with Crippen LogP contribution in [0.15, 0.2) is 12.4 Å². The van der Waals surface area contributed by atoms with Crippen molar-refractivity contribution in [1.29, 1.82) is 0 Å². The molecule has 6 nitrogen and oxygen atoms in total. The molecular formula is C10H14N4O2. The molecule has 16 heavy (non-hydrogen) atoms. The van der Waals surface area contributed by atoms with Crippen LogP contribution in [0, 0.1) is 0 Å². The van der Waals surface area contributed by atoms with Crippen LogP contribution < -0.4 is 4.90 Å². The second-order valence-corrected chi connectivity index (χ2v) is 3.87. The summed E-state index contributed by atoms with van der Waals surface area (Å²) < 4.78 is 0. The van der Waals surface area contributed by atoms with E-state index in [0.717, 1.165) is 26.2 Å². The van der Waals surface area contributed by atoms with Gasteiger partial charge in [0.15, 0.2) is 0 Å². The summed E-state index contributed by atoms with van der Waals surface area (Å²) in [5.41, 5.74) is 0.123. The Morgan fingerprint density at radius 1 is 1.25 bits per heavy atom. The summed E-state index contributed by atoms with van der Waals surface area (Å²) in [6.07, 6.45) is 2.70. The first-order valence-electron chi connectivity index (χ1n) is 5.15. The number of nitrogens with zero attached hydrogens (tertiary/aromatic N) is 4. The number of hydrogen-bond acceptors (Lipinski definition) is 5. The number of anilines is 1. The Morgan fingerprint density at radius 3 is 2.31 bits per heavy atom. The Kier molecular flexibility index (Phi) is 3.00. The Hall–Kier alpha value is -1.69. The smallest absolute Gasteiger partial charge is 0.338 e. The van der Waals surface area contributed by atoms with Gasteiger partial charge in [0.1, 0.15) is 0 Å². The largest absolute Gasteiger partial charge is 0.478 e. The van der Waals surface area contributed by atoms with E-state index in [-0.39, 0.29) is 5.56 Å². The fourth-order valence-electron chi connectivity index (χ4n) is 1.60. The molecule has 1 saturated heterocycles. The highest BCUT2D eigenvalue weighted by atomic mass is 16.4. The number of rotatable bonds is 2. The predicted octanol–water partition coefficient (Wildman–Crippen LogP) is -0.0734. The average Bonchev–Trinajstić information content (AvgIpc) is 2.30. The molecule has 0 spiro atoms. The maximum Gasteiger partial charge on any atom is 0.338 e. The van der Waals surface area contributed by atoms with Gasteiger partial charge in [-0.25, -0.2) is 14.8 Å². The number of carboxylic acid groups (broad SMARTS) is 1. The Labute approximate surface area is 93.5 Å². The van der Waals surface area contributed by atoms with E-state index in [1.54, 1.807) is 0 Å². The van der Waals surface area contributed by atoms with E-state index in [4.69, 9.17) is 5.11 Å². The molecule has 0 atom stereocenters. The van der Waals surface area contributed by atoms with E-state index in [2.05, 4.69) is 26.8 Å². The van der Waals surface area contributed by atoms with E-state index in [9.17, 15) is 4.79 Å². The van der Waals surface area contributed by atoms with Gasteiger partial charge < -0.3 is 14.9 Å².